The predicted octanol–water partition coefficient (Wildman–Crippen LogP) is 3.65. The molecular weight excluding hydrogens is 412 g/mol. The quantitative estimate of drug-likeness (QED) is 0.575. The van der Waals surface area contributed by atoms with E-state index in [1.807, 2.05) is 0 Å². The van der Waals surface area contributed by atoms with E-state index >= 15 is 0 Å². The minimum Gasteiger partial charge on any atom is -0.497 e. The maximum atomic E-state index is 12.9. The number of carbonyl (C=O) groups is 2. The van der Waals surface area contributed by atoms with Crippen LogP contribution in [0.5, 0.6) is 5.75 Å². The number of nitrogens with zero attached hydrogens (tertiary/aromatic N) is 2. The Hall–Kier alpha value is -2.16. The number of piperidine rings is 1. The van der Waals surface area contributed by atoms with Crippen LogP contribution in [0.25, 0.3) is 0 Å². The summed E-state index contributed by atoms with van der Waals surface area (Å²) in [4.78, 5) is 36.5. The molecule has 2 unspecified atom stereocenters. The van der Waals surface area contributed by atoms with E-state index in [1.165, 1.54) is 14.2 Å². The van der Waals surface area contributed by atoms with Gasteiger partial charge < -0.3 is 14.7 Å². The van der Waals surface area contributed by atoms with E-state index in [4.69, 9.17) is 14.4 Å². The molecule has 1 aromatic rings. The molecule has 1 aromatic carbocycles. The molecule has 0 aromatic heterocycles. The van der Waals surface area contributed by atoms with Crippen LogP contribution >= 0.6 is 0 Å². The Kier molecular flexibility index (Phi) is 8.67. The van der Waals surface area contributed by atoms with Crippen molar-refractivity contribution in [2.45, 2.75) is 77.0 Å². The smallest absolute Gasteiger partial charge is 0.325 e. The SMILES string of the molecule is COc1ccc(C(O)C(CCC(=O)ON2C(C)(C)CCCC2(C)C)C(=O)N(C)OC)cc1. The molecule has 0 aliphatic carbocycles. The highest BCUT2D eigenvalue weighted by Crippen LogP contribution is 2.38. The first-order chi connectivity index (χ1) is 14.9. The first kappa shape index (κ1) is 26.1. The number of hydrogen-bond acceptors (Lipinski definition) is 7. The van der Waals surface area contributed by atoms with Gasteiger partial charge >= 0.3 is 5.97 Å². The number of benzene rings is 1. The summed E-state index contributed by atoms with van der Waals surface area (Å²) < 4.78 is 5.15. The maximum Gasteiger partial charge on any atom is 0.325 e. The van der Waals surface area contributed by atoms with Crippen LogP contribution in [0.2, 0.25) is 0 Å². The van der Waals surface area contributed by atoms with Gasteiger partial charge in [0, 0.05) is 13.5 Å². The number of amides is 1. The van der Waals surface area contributed by atoms with Gasteiger partial charge in [0.25, 0.3) is 5.91 Å². The first-order valence-electron chi connectivity index (χ1n) is 11.1. The van der Waals surface area contributed by atoms with Crippen LogP contribution in [0.1, 0.15) is 71.5 Å². The fourth-order valence-electron chi connectivity index (χ4n) is 4.42. The molecule has 2 atom stereocenters. The van der Waals surface area contributed by atoms with E-state index in [1.54, 1.807) is 36.4 Å². The van der Waals surface area contributed by atoms with Crippen molar-refractivity contribution in [3.8, 4) is 5.75 Å². The van der Waals surface area contributed by atoms with E-state index < -0.39 is 23.9 Å². The maximum absolute atomic E-state index is 12.9. The number of ether oxygens (including phenoxy) is 1. The topological polar surface area (TPSA) is 88.5 Å². The molecule has 1 heterocycles. The summed E-state index contributed by atoms with van der Waals surface area (Å²) >= 11 is 0. The standard InChI is InChI=1S/C24H38N2O6/c1-23(2)15-8-16-24(3,4)26(23)32-20(27)14-13-19(22(29)25(5)31-7)21(28)17-9-11-18(30-6)12-10-17/h9-12,19,21,28H,8,13-16H2,1-7H3. The van der Waals surface area contributed by atoms with E-state index in [0.717, 1.165) is 24.3 Å². The third-order valence-electron chi connectivity index (χ3n) is 6.27. The summed E-state index contributed by atoms with van der Waals surface area (Å²) in [6.45, 7) is 8.26. The van der Waals surface area contributed by atoms with Gasteiger partial charge in [0.2, 0.25) is 0 Å². The van der Waals surface area contributed by atoms with E-state index in [2.05, 4.69) is 27.7 Å². The third-order valence-corrected chi connectivity index (χ3v) is 6.27. The van der Waals surface area contributed by atoms with Crippen molar-refractivity contribution >= 4 is 11.9 Å². The van der Waals surface area contributed by atoms with Gasteiger partial charge in [-0.25, -0.2) is 5.06 Å². The van der Waals surface area contributed by atoms with Crippen LogP contribution < -0.4 is 4.74 Å². The van der Waals surface area contributed by atoms with Gasteiger partial charge in [-0.1, -0.05) is 12.1 Å². The molecule has 0 spiro atoms. The molecule has 32 heavy (non-hydrogen) atoms. The zero-order chi connectivity index (χ0) is 24.1. The zero-order valence-corrected chi connectivity index (χ0v) is 20.4. The number of aliphatic hydroxyl groups excluding tert-OH is 1. The molecule has 1 aliphatic heterocycles. The fraction of sp³-hybridized carbons (Fsp3) is 0.667. The summed E-state index contributed by atoms with van der Waals surface area (Å²) in [7, 11) is 4.42. The van der Waals surface area contributed by atoms with Crippen molar-refractivity contribution in [2.75, 3.05) is 21.3 Å². The van der Waals surface area contributed by atoms with Crippen LogP contribution in [-0.2, 0) is 19.3 Å². The summed E-state index contributed by atoms with van der Waals surface area (Å²) in [5.74, 6) is -1.06. The van der Waals surface area contributed by atoms with Crippen molar-refractivity contribution in [1.29, 1.82) is 0 Å². The summed E-state index contributed by atoms with van der Waals surface area (Å²) in [6, 6.07) is 6.84. The Morgan fingerprint density at radius 1 is 1.09 bits per heavy atom. The normalized spacial score (nSPS) is 19.6. The Morgan fingerprint density at radius 2 is 1.66 bits per heavy atom. The number of carbonyl (C=O) groups excluding carboxylic acids is 2. The van der Waals surface area contributed by atoms with Crippen molar-refractivity contribution in [2.24, 2.45) is 5.92 Å². The molecule has 1 fully saturated rings. The average molecular weight is 451 g/mol. The highest BCUT2D eigenvalue weighted by molar-refractivity contribution is 5.79. The van der Waals surface area contributed by atoms with Crippen molar-refractivity contribution < 1.29 is 29.1 Å². The van der Waals surface area contributed by atoms with E-state index in [-0.39, 0.29) is 23.9 Å². The van der Waals surface area contributed by atoms with Crippen molar-refractivity contribution in [3.05, 3.63) is 29.8 Å². The number of rotatable bonds is 9. The molecule has 8 heteroatoms. The highest BCUT2D eigenvalue weighted by Gasteiger charge is 2.44. The zero-order valence-electron chi connectivity index (χ0n) is 20.4. The van der Waals surface area contributed by atoms with Gasteiger partial charge in [-0.15, -0.1) is 5.06 Å². The molecule has 1 N–H and O–H groups in total. The second-order valence-corrected chi connectivity index (χ2v) is 9.62. The summed E-state index contributed by atoms with van der Waals surface area (Å²) in [5.41, 5.74) is 0.0112. The van der Waals surface area contributed by atoms with Gasteiger partial charge in [-0.2, -0.15) is 0 Å². The lowest BCUT2D eigenvalue weighted by molar-refractivity contribution is -0.265. The summed E-state index contributed by atoms with van der Waals surface area (Å²) in [5, 5.41) is 13.8. The molecule has 1 aliphatic rings. The molecular formula is C24H38N2O6. The third kappa shape index (κ3) is 6.21. The largest absolute Gasteiger partial charge is 0.497 e. The van der Waals surface area contributed by atoms with Crippen molar-refractivity contribution in [1.82, 2.24) is 10.1 Å². The van der Waals surface area contributed by atoms with Crippen LogP contribution in [-0.4, -0.2) is 59.5 Å². The number of hydroxylamine groups is 4. The van der Waals surface area contributed by atoms with Gasteiger partial charge in [0.05, 0.1) is 37.3 Å². The lowest BCUT2D eigenvalue weighted by atomic mass is 9.82. The Labute approximate surface area is 191 Å². The second kappa shape index (κ2) is 10.6. The van der Waals surface area contributed by atoms with Crippen LogP contribution in [0.15, 0.2) is 24.3 Å². The molecule has 0 radical (unpaired) electrons. The van der Waals surface area contributed by atoms with Gasteiger partial charge in [0.15, 0.2) is 0 Å². The Balaban J connectivity index is 2.13. The number of methoxy groups -OCH3 is 1. The van der Waals surface area contributed by atoms with Gasteiger partial charge in [-0.05, 0) is 71.1 Å². The van der Waals surface area contributed by atoms with E-state index in [9.17, 15) is 14.7 Å². The molecule has 1 saturated heterocycles. The lowest BCUT2D eigenvalue weighted by Gasteiger charge is -2.50. The van der Waals surface area contributed by atoms with Gasteiger partial charge in [-0.3, -0.25) is 14.4 Å². The highest BCUT2D eigenvalue weighted by atomic mass is 16.7. The van der Waals surface area contributed by atoms with Gasteiger partial charge in [0.1, 0.15) is 5.75 Å². The van der Waals surface area contributed by atoms with Crippen LogP contribution in [0, 0.1) is 5.92 Å². The molecule has 2 rings (SSSR count). The Bertz CT molecular complexity index is 761. The van der Waals surface area contributed by atoms with Crippen molar-refractivity contribution in [3.63, 3.8) is 0 Å². The fourth-order valence-corrected chi connectivity index (χ4v) is 4.42. The molecule has 0 bridgehead atoms. The number of aliphatic hydroxyl groups is 1. The number of hydrogen-bond donors (Lipinski definition) is 1. The minimum absolute atomic E-state index is 0.0101. The molecule has 8 nitrogen and oxygen atoms in total. The van der Waals surface area contributed by atoms with Crippen LogP contribution in [0.3, 0.4) is 0 Å². The lowest BCUT2D eigenvalue weighted by Crippen LogP contribution is -2.58. The Morgan fingerprint density at radius 3 is 2.16 bits per heavy atom. The van der Waals surface area contributed by atoms with E-state index in [0.29, 0.717) is 11.3 Å². The molecule has 180 valence electrons. The molecule has 0 saturated carbocycles. The molecule has 1 amide bonds. The average Bonchev–Trinajstić information content (AvgIpc) is 2.75. The van der Waals surface area contributed by atoms with Crippen LogP contribution in [0.4, 0.5) is 0 Å². The second-order valence-electron chi connectivity index (χ2n) is 9.62. The summed E-state index contributed by atoms with van der Waals surface area (Å²) in [6.07, 6.45) is 1.93. The monoisotopic (exact) mass is 450 g/mol. The first-order valence-corrected chi connectivity index (χ1v) is 11.1. The minimum atomic E-state index is -1.11. The predicted molar refractivity (Wildman–Crippen MR) is 120 cm³/mol.